The standard InChI is InChI=1S/C30H44N2O3/c1-4-7-9-10-11-12-14-15-23-21-31-29(32-22-23)25-17-19-26(20-18-25)34-30(33)28-27(35-28)24(6-3)16-13-8-5-2/h17-22,24,27-28H,4-16H2,1-3H3/t24?,27-,28+/m0/s1. The summed E-state index contributed by atoms with van der Waals surface area (Å²) in [5.41, 5.74) is 2.10. The van der Waals surface area contributed by atoms with Gasteiger partial charge in [-0.1, -0.05) is 85.0 Å². The number of carbonyl (C=O) groups is 1. The average molecular weight is 481 g/mol. The third kappa shape index (κ3) is 9.03. The second kappa shape index (κ2) is 15.0. The van der Waals surface area contributed by atoms with Gasteiger partial charge in [-0.3, -0.25) is 0 Å². The summed E-state index contributed by atoms with van der Waals surface area (Å²) in [6, 6.07) is 7.41. The molecule has 0 radical (unpaired) electrons. The lowest BCUT2D eigenvalue weighted by Gasteiger charge is -2.11. The Kier molecular flexibility index (Phi) is 11.7. The molecule has 0 bridgehead atoms. The van der Waals surface area contributed by atoms with Gasteiger partial charge in [0.1, 0.15) is 5.75 Å². The number of carbonyl (C=O) groups excluding carboxylic acids is 1. The van der Waals surface area contributed by atoms with E-state index in [1.807, 2.05) is 24.5 Å². The smallest absolute Gasteiger partial charge is 0.343 e. The number of epoxide rings is 1. The average Bonchev–Trinajstić information content (AvgIpc) is 3.68. The highest BCUT2D eigenvalue weighted by molar-refractivity contribution is 5.80. The Morgan fingerprint density at radius 2 is 1.51 bits per heavy atom. The fourth-order valence-electron chi connectivity index (χ4n) is 4.69. The number of unbranched alkanes of at least 4 members (excludes halogenated alkanes) is 8. The van der Waals surface area contributed by atoms with Crippen LogP contribution in [0.5, 0.6) is 5.75 Å². The molecule has 0 saturated carbocycles. The van der Waals surface area contributed by atoms with Crippen LogP contribution in [0.15, 0.2) is 36.7 Å². The monoisotopic (exact) mass is 480 g/mol. The van der Waals surface area contributed by atoms with Crippen LogP contribution in [0.3, 0.4) is 0 Å². The Labute approximate surface area is 212 Å². The topological polar surface area (TPSA) is 64.6 Å². The van der Waals surface area contributed by atoms with Crippen molar-refractivity contribution in [3.8, 4) is 17.1 Å². The summed E-state index contributed by atoms with van der Waals surface area (Å²) in [6.45, 7) is 6.63. The van der Waals surface area contributed by atoms with Crippen LogP contribution in [0.25, 0.3) is 11.4 Å². The van der Waals surface area contributed by atoms with Gasteiger partial charge in [-0.2, -0.15) is 0 Å². The summed E-state index contributed by atoms with van der Waals surface area (Å²) >= 11 is 0. The zero-order valence-electron chi connectivity index (χ0n) is 22.0. The van der Waals surface area contributed by atoms with E-state index in [4.69, 9.17) is 9.47 Å². The lowest BCUT2D eigenvalue weighted by atomic mass is 9.93. The van der Waals surface area contributed by atoms with E-state index in [-0.39, 0.29) is 12.1 Å². The first-order valence-corrected chi connectivity index (χ1v) is 13.9. The molecule has 192 valence electrons. The van der Waals surface area contributed by atoms with Gasteiger partial charge in [0.25, 0.3) is 0 Å². The van der Waals surface area contributed by atoms with Crippen LogP contribution in [0, 0.1) is 5.92 Å². The number of ether oxygens (including phenoxy) is 2. The summed E-state index contributed by atoms with van der Waals surface area (Å²) in [5, 5.41) is 0. The lowest BCUT2D eigenvalue weighted by molar-refractivity contribution is -0.135. The van der Waals surface area contributed by atoms with Crippen molar-refractivity contribution in [3.05, 3.63) is 42.2 Å². The van der Waals surface area contributed by atoms with E-state index in [0.717, 1.165) is 24.8 Å². The SMILES string of the molecule is CCCCCCCCCc1cnc(-c2ccc(OC(=O)[C@@H]3O[C@H]3C(CC)CCCCC)cc2)nc1. The van der Waals surface area contributed by atoms with Crippen molar-refractivity contribution in [1.29, 1.82) is 0 Å². The van der Waals surface area contributed by atoms with Crippen molar-refractivity contribution >= 4 is 5.97 Å². The number of rotatable bonds is 17. The summed E-state index contributed by atoms with van der Waals surface area (Å²) in [7, 11) is 0. The predicted molar refractivity (Wildman–Crippen MR) is 141 cm³/mol. The van der Waals surface area contributed by atoms with Crippen molar-refractivity contribution in [1.82, 2.24) is 9.97 Å². The number of esters is 1. The Balaban J connectivity index is 1.41. The van der Waals surface area contributed by atoms with Crippen LogP contribution >= 0.6 is 0 Å². The van der Waals surface area contributed by atoms with Crippen LogP contribution in [0.4, 0.5) is 0 Å². The molecule has 2 aromatic rings. The maximum atomic E-state index is 12.5. The summed E-state index contributed by atoms with van der Waals surface area (Å²) in [5.74, 6) is 1.37. The molecule has 1 fully saturated rings. The summed E-state index contributed by atoms with van der Waals surface area (Å²) in [6.07, 6.45) is 19.4. The molecule has 35 heavy (non-hydrogen) atoms. The van der Waals surface area contributed by atoms with E-state index in [1.165, 1.54) is 69.8 Å². The molecule has 1 saturated heterocycles. The maximum Gasteiger partial charge on any atom is 0.343 e. The van der Waals surface area contributed by atoms with Crippen molar-refractivity contribution in [2.24, 2.45) is 5.92 Å². The maximum absolute atomic E-state index is 12.5. The van der Waals surface area contributed by atoms with Gasteiger partial charge < -0.3 is 9.47 Å². The first-order chi connectivity index (χ1) is 17.2. The van der Waals surface area contributed by atoms with E-state index < -0.39 is 6.10 Å². The molecule has 5 nitrogen and oxygen atoms in total. The number of hydrogen-bond donors (Lipinski definition) is 0. The molecule has 3 rings (SSSR count). The van der Waals surface area contributed by atoms with Crippen LogP contribution < -0.4 is 4.74 Å². The van der Waals surface area contributed by atoms with E-state index >= 15 is 0 Å². The van der Waals surface area contributed by atoms with Crippen LogP contribution in [-0.4, -0.2) is 28.1 Å². The second-order valence-corrected chi connectivity index (χ2v) is 9.92. The summed E-state index contributed by atoms with van der Waals surface area (Å²) < 4.78 is 11.3. The number of nitrogens with zero attached hydrogens (tertiary/aromatic N) is 2. The minimum atomic E-state index is -0.423. The van der Waals surface area contributed by atoms with Crippen molar-refractivity contribution in [3.63, 3.8) is 0 Å². The Morgan fingerprint density at radius 1 is 0.886 bits per heavy atom. The molecule has 2 heterocycles. The van der Waals surface area contributed by atoms with E-state index in [2.05, 4.69) is 30.7 Å². The molecular formula is C30H44N2O3. The van der Waals surface area contributed by atoms with Gasteiger partial charge in [0.05, 0.1) is 6.10 Å². The third-order valence-corrected chi connectivity index (χ3v) is 7.03. The molecule has 0 amide bonds. The van der Waals surface area contributed by atoms with Gasteiger partial charge in [0.15, 0.2) is 11.9 Å². The number of hydrogen-bond acceptors (Lipinski definition) is 5. The molecule has 0 spiro atoms. The third-order valence-electron chi connectivity index (χ3n) is 7.03. The van der Waals surface area contributed by atoms with Gasteiger partial charge in [0, 0.05) is 18.0 Å². The minimum absolute atomic E-state index is 0.0107. The molecule has 1 unspecified atom stereocenters. The lowest BCUT2D eigenvalue weighted by Crippen LogP contribution is -2.20. The first kappa shape index (κ1) is 27.3. The number of aryl methyl sites for hydroxylation is 1. The van der Waals surface area contributed by atoms with Gasteiger partial charge >= 0.3 is 5.97 Å². The second-order valence-electron chi connectivity index (χ2n) is 9.92. The fraction of sp³-hybridized carbons (Fsp3) is 0.633. The van der Waals surface area contributed by atoms with Crippen molar-refractivity contribution in [2.75, 3.05) is 0 Å². The molecule has 3 atom stereocenters. The molecule has 5 heteroatoms. The van der Waals surface area contributed by atoms with Crippen molar-refractivity contribution < 1.29 is 14.3 Å². The van der Waals surface area contributed by atoms with Gasteiger partial charge in [-0.15, -0.1) is 0 Å². The zero-order valence-corrected chi connectivity index (χ0v) is 22.0. The molecule has 0 aliphatic carbocycles. The van der Waals surface area contributed by atoms with Crippen LogP contribution in [-0.2, 0) is 16.0 Å². The predicted octanol–water partition coefficient (Wildman–Crippen LogP) is 7.72. The van der Waals surface area contributed by atoms with E-state index in [0.29, 0.717) is 17.5 Å². The highest BCUT2D eigenvalue weighted by Crippen LogP contribution is 2.35. The molecule has 1 aliphatic rings. The van der Waals surface area contributed by atoms with Crippen LogP contribution in [0.1, 0.15) is 103 Å². The molecule has 1 aromatic carbocycles. The fourth-order valence-corrected chi connectivity index (χ4v) is 4.69. The molecular weight excluding hydrogens is 436 g/mol. The number of aromatic nitrogens is 2. The zero-order chi connectivity index (χ0) is 24.9. The quantitative estimate of drug-likeness (QED) is 0.100. The first-order valence-electron chi connectivity index (χ1n) is 13.9. The van der Waals surface area contributed by atoms with Crippen molar-refractivity contribution in [2.45, 2.75) is 116 Å². The Bertz CT molecular complexity index is 866. The highest BCUT2D eigenvalue weighted by atomic mass is 16.6. The summed E-state index contributed by atoms with van der Waals surface area (Å²) in [4.78, 5) is 21.6. The minimum Gasteiger partial charge on any atom is -0.425 e. The molecule has 1 aromatic heterocycles. The highest BCUT2D eigenvalue weighted by Gasteiger charge is 2.50. The molecule has 0 N–H and O–H groups in total. The Hall–Kier alpha value is -2.27. The Morgan fingerprint density at radius 3 is 2.17 bits per heavy atom. The van der Waals surface area contributed by atoms with Crippen LogP contribution in [0.2, 0.25) is 0 Å². The largest absolute Gasteiger partial charge is 0.425 e. The van der Waals surface area contributed by atoms with Gasteiger partial charge in [-0.05, 0) is 55.0 Å². The van der Waals surface area contributed by atoms with E-state index in [1.54, 1.807) is 12.1 Å². The van der Waals surface area contributed by atoms with Gasteiger partial charge in [0.2, 0.25) is 0 Å². The van der Waals surface area contributed by atoms with E-state index in [9.17, 15) is 4.79 Å². The van der Waals surface area contributed by atoms with Gasteiger partial charge in [-0.25, -0.2) is 14.8 Å². The molecule has 1 aliphatic heterocycles. The normalized spacial score (nSPS) is 17.8. The number of benzene rings is 1.